The maximum atomic E-state index is 11.7. The molecule has 0 saturated heterocycles. The molecule has 1 unspecified atom stereocenters. The van der Waals surface area contributed by atoms with Crippen LogP contribution in [0.3, 0.4) is 0 Å². The highest BCUT2D eigenvalue weighted by atomic mass is 35.5. The number of nitrogens with one attached hydrogen (secondary N) is 2. The van der Waals surface area contributed by atoms with Crippen LogP contribution in [0.1, 0.15) is 19.4 Å². The van der Waals surface area contributed by atoms with E-state index in [2.05, 4.69) is 10.6 Å². The molecule has 0 fully saturated rings. The molecule has 0 heterocycles. The second-order valence-corrected chi connectivity index (χ2v) is 4.27. The number of benzene rings is 1. The fourth-order valence-electron chi connectivity index (χ4n) is 1.33. The molecular weight excluding hydrogens is 282 g/mol. The summed E-state index contributed by atoms with van der Waals surface area (Å²) in [6.45, 7) is 3.64. The molecule has 2 N–H and O–H groups in total. The Morgan fingerprint density at radius 2 is 2.20 bits per heavy atom. The lowest BCUT2D eigenvalue weighted by molar-refractivity contribution is -0.126. The van der Waals surface area contributed by atoms with Gasteiger partial charge < -0.3 is 10.1 Å². The van der Waals surface area contributed by atoms with Crippen LogP contribution in [0.4, 0.5) is 4.79 Å². The zero-order chi connectivity index (χ0) is 15.1. The fourth-order valence-corrected chi connectivity index (χ4v) is 1.55. The average Bonchev–Trinajstić information content (AvgIpc) is 2.41. The van der Waals surface area contributed by atoms with Crippen LogP contribution in [0.2, 0.25) is 5.02 Å². The lowest BCUT2D eigenvalue weighted by Crippen LogP contribution is -2.45. The number of halogens is 1. The summed E-state index contributed by atoms with van der Waals surface area (Å²) < 4.78 is 5.35. The van der Waals surface area contributed by atoms with Crippen molar-refractivity contribution < 1.29 is 14.3 Å². The number of nitriles is 1. The topological polar surface area (TPSA) is 91.2 Å². The Morgan fingerprint density at radius 1 is 1.50 bits per heavy atom. The third kappa shape index (κ3) is 4.44. The molecule has 0 saturated carbocycles. The van der Waals surface area contributed by atoms with Crippen LogP contribution in [-0.2, 0) is 4.79 Å². The number of amides is 3. The van der Waals surface area contributed by atoms with Crippen LogP contribution in [0, 0.1) is 11.3 Å². The van der Waals surface area contributed by atoms with Gasteiger partial charge in [-0.2, -0.15) is 5.26 Å². The van der Waals surface area contributed by atoms with E-state index in [1.807, 2.05) is 6.07 Å². The van der Waals surface area contributed by atoms with Gasteiger partial charge in [-0.15, -0.1) is 0 Å². The van der Waals surface area contributed by atoms with Crippen molar-refractivity contribution in [3.8, 4) is 11.8 Å². The first-order valence-corrected chi connectivity index (χ1v) is 6.30. The molecule has 3 amide bonds. The minimum absolute atomic E-state index is 0.224. The number of urea groups is 1. The predicted octanol–water partition coefficient (Wildman–Crippen LogP) is 1.82. The van der Waals surface area contributed by atoms with Crippen molar-refractivity contribution >= 4 is 23.5 Å². The molecule has 1 atom stereocenters. The van der Waals surface area contributed by atoms with Crippen molar-refractivity contribution in [1.82, 2.24) is 10.6 Å². The molecule has 1 aromatic carbocycles. The Labute approximate surface area is 121 Å². The Bertz CT molecular complexity index is 554. The zero-order valence-electron chi connectivity index (χ0n) is 11.1. The van der Waals surface area contributed by atoms with Crippen molar-refractivity contribution in [3.63, 3.8) is 0 Å². The predicted molar refractivity (Wildman–Crippen MR) is 73.5 cm³/mol. The average molecular weight is 296 g/mol. The number of carbonyl (C=O) groups is 2. The van der Waals surface area contributed by atoms with Gasteiger partial charge >= 0.3 is 6.03 Å². The summed E-state index contributed by atoms with van der Waals surface area (Å²) in [4.78, 5) is 22.9. The van der Waals surface area contributed by atoms with Crippen LogP contribution >= 0.6 is 11.6 Å². The third-order valence-corrected chi connectivity index (χ3v) is 2.60. The largest absolute Gasteiger partial charge is 0.479 e. The van der Waals surface area contributed by atoms with Gasteiger partial charge in [-0.25, -0.2) is 4.79 Å². The second-order valence-electron chi connectivity index (χ2n) is 3.87. The number of hydrogen-bond donors (Lipinski definition) is 2. The molecule has 0 radical (unpaired) electrons. The first-order chi connectivity index (χ1) is 9.47. The highest BCUT2D eigenvalue weighted by molar-refractivity contribution is 6.32. The Morgan fingerprint density at radius 3 is 2.75 bits per heavy atom. The van der Waals surface area contributed by atoms with Gasteiger partial charge in [0.25, 0.3) is 5.91 Å². The second kappa shape index (κ2) is 7.36. The molecule has 0 aliphatic carbocycles. The third-order valence-electron chi connectivity index (χ3n) is 2.31. The molecule has 0 aliphatic heterocycles. The highest BCUT2D eigenvalue weighted by Crippen LogP contribution is 2.26. The van der Waals surface area contributed by atoms with Crippen molar-refractivity contribution in [2.24, 2.45) is 0 Å². The molecule has 0 bridgehead atoms. The van der Waals surface area contributed by atoms with E-state index in [9.17, 15) is 9.59 Å². The standard InChI is InChI=1S/C13H14ClN3O3/c1-3-16-13(19)17-12(18)8(2)20-11-5-4-9(7-15)6-10(11)14/h4-6,8H,3H2,1-2H3,(H2,16,17,18,19). The summed E-state index contributed by atoms with van der Waals surface area (Å²) in [5, 5.41) is 13.5. The van der Waals surface area contributed by atoms with E-state index in [0.29, 0.717) is 12.1 Å². The number of rotatable bonds is 4. The lowest BCUT2D eigenvalue weighted by Gasteiger charge is -2.15. The number of ether oxygens (including phenoxy) is 1. The van der Waals surface area contributed by atoms with E-state index in [1.165, 1.54) is 25.1 Å². The minimum atomic E-state index is -0.900. The summed E-state index contributed by atoms with van der Waals surface area (Å²) in [6, 6.07) is 5.81. The highest BCUT2D eigenvalue weighted by Gasteiger charge is 2.18. The molecule has 0 spiro atoms. The molecule has 7 heteroatoms. The van der Waals surface area contributed by atoms with Gasteiger partial charge in [0.05, 0.1) is 16.7 Å². The SMILES string of the molecule is CCNC(=O)NC(=O)C(C)Oc1ccc(C#N)cc1Cl. The van der Waals surface area contributed by atoms with Gasteiger partial charge in [-0.1, -0.05) is 11.6 Å². The lowest BCUT2D eigenvalue weighted by atomic mass is 10.2. The summed E-state index contributed by atoms with van der Waals surface area (Å²) >= 11 is 5.93. The van der Waals surface area contributed by atoms with Gasteiger partial charge in [-0.05, 0) is 32.0 Å². The van der Waals surface area contributed by atoms with Gasteiger partial charge in [0.2, 0.25) is 0 Å². The maximum absolute atomic E-state index is 11.7. The number of hydrogen-bond acceptors (Lipinski definition) is 4. The molecule has 6 nitrogen and oxygen atoms in total. The van der Waals surface area contributed by atoms with Gasteiger partial charge in [0, 0.05) is 6.54 Å². The van der Waals surface area contributed by atoms with Crippen LogP contribution in [0.5, 0.6) is 5.75 Å². The number of carbonyl (C=O) groups excluding carboxylic acids is 2. The van der Waals surface area contributed by atoms with E-state index >= 15 is 0 Å². The van der Waals surface area contributed by atoms with Crippen LogP contribution in [0.25, 0.3) is 0 Å². The summed E-state index contributed by atoms with van der Waals surface area (Å²) in [7, 11) is 0. The zero-order valence-corrected chi connectivity index (χ0v) is 11.8. The van der Waals surface area contributed by atoms with Crippen molar-refractivity contribution in [2.75, 3.05) is 6.54 Å². The Balaban J connectivity index is 2.66. The van der Waals surface area contributed by atoms with Crippen LogP contribution < -0.4 is 15.4 Å². The quantitative estimate of drug-likeness (QED) is 0.886. The maximum Gasteiger partial charge on any atom is 0.321 e. The van der Waals surface area contributed by atoms with Gasteiger partial charge in [0.1, 0.15) is 5.75 Å². The number of imide groups is 1. The molecule has 20 heavy (non-hydrogen) atoms. The normalized spacial score (nSPS) is 11.1. The van der Waals surface area contributed by atoms with Gasteiger partial charge in [0.15, 0.2) is 6.10 Å². The smallest absolute Gasteiger partial charge is 0.321 e. The summed E-state index contributed by atoms with van der Waals surface area (Å²) in [6.07, 6.45) is -0.900. The molecule has 1 rings (SSSR count). The summed E-state index contributed by atoms with van der Waals surface area (Å²) in [5.74, 6) is -0.319. The van der Waals surface area contributed by atoms with E-state index in [4.69, 9.17) is 21.6 Å². The van der Waals surface area contributed by atoms with E-state index < -0.39 is 18.0 Å². The molecule has 0 aliphatic rings. The van der Waals surface area contributed by atoms with Crippen LogP contribution in [0.15, 0.2) is 18.2 Å². The van der Waals surface area contributed by atoms with Crippen molar-refractivity contribution in [1.29, 1.82) is 5.26 Å². The van der Waals surface area contributed by atoms with E-state index in [1.54, 1.807) is 6.92 Å². The first-order valence-electron chi connectivity index (χ1n) is 5.93. The molecule has 0 aromatic heterocycles. The minimum Gasteiger partial charge on any atom is -0.479 e. The molecular formula is C13H14ClN3O3. The monoisotopic (exact) mass is 295 g/mol. The Hall–Kier alpha value is -2.26. The first kappa shape index (κ1) is 15.8. The van der Waals surface area contributed by atoms with Gasteiger partial charge in [-0.3, -0.25) is 10.1 Å². The molecule has 1 aromatic rings. The number of nitrogens with zero attached hydrogens (tertiary/aromatic N) is 1. The van der Waals surface area contributed by atoms with Crippen molar-refractivity contribution in [3.05, 3.63) is 28.8 Å². The Kier molecular flexibility index (Phi) is 5.81. The fraction of sp³-hybridized carbons (Fsp3) is 0.308. The summed E-state index contributed by atoms with van der Waals surface area (Å²) in [5.41, 5.74) is 0.391. The molecule has 106 valence electrons. The van der Waals surface area contributed by atoms with E-state index in [0.717, 1.165) is 0 Å². The van der Waals surface area contributed by atoms with Crippen molar-refractivity contribution in [2.45, 2.75) is 20.0 Å². The van der Waals surface area contributed by atoms with Crippen LogP contribution in [-0.4, -0.2) is 24.6 Å². The van der Waals surface area contributed by atoms with E-state index in [-0.39, 0.29) is 10.8 Å².